The second-order valence-electron chi connectivity index (χ2n) is 9.20. The first-order valence-corrected chi connectivity index (χ1v) is 10.8. The van der Waals surface area contributed by atoms with Crippen molar-refractivity contribution in [1.82, 2.24) is 23.9 Å². The molecule has 0 fully saturated rings. The van der Waals surface area contributed by atoms with Crippen LogP contribution >= 0.6 is 0 Å². The van der Waals surface area contributed by atoms with E-state index in [9.17, 15) is 0 Å². The molecule has 32 heavy (non-hydrogen) atoms. The van der Waals surface area contributed by atoms with E-state index in [-0.39, 0.29) is 5.41 Å². The van der Waals surface area contributed by atoms with Gasteiger partial charge in [0, 0.05) is 41.4 Å². The van der Waals surface area contributed by atoms with Gasteiger partial charge in [0.2, 0.25) is 5.78 Å². The zero-order valence-corrected chi connectivity index (χ0v) is 18.3. The summed E-state index contributed by atoms with van der Waals surface area (Å²) < 4.78 is 4.34. The van der Waals surface area contributed by atoms with Crippen LogP contribution in [0.4, 0.5) is 0 Å². The maximum absolute atomic E-state index is 4.75. The van der Waals surface area contributed by atoms with E-state index in [1.54, 1.807) is 6.20 Å². The largest absolute Gasteiger partial charge is 0.282 e. The van der Waals surface area contributed by atoms with E-state index in [1.807, 2.05) is 30.9 Å². The van der Waals surface area contributed by atoms with Crippen LogP contribution in [0.5, 0.6) is 0 Å². The van der Waals surface area contributed by atoms with Gasteiger partial charge in [-0.1, -0.05) is 45.0 Å². The molecule has 0 spiro atoms. The van der Waals surface area contributed by atoms with Crippen molar-refractivity contribution in [2.75, 3.05) is 0 Å². The maximum Gasteiger partial charge on any atom is 0.219 e. The molecule has 0 saturated carbocycles. The van der Waals surface area contributed by atoms with Crippen LogP contribution in [0.3, 0.4) is 0 Å². The minimum atomic E-state index is 0.106. The standard InChI is InChI=1S/C27H23N5/c1-27(2,3)20-7-9-21(10-8-20)32-25-22-15-18(19-5-4-12-28-16-19)6-11-23(22)30-17-24(25)31-14-13-29-26(31)32/h4-17H,1-3H3. The van der Waals surface area contributed by atoms with E-state index in [4.69, 9.17) is 4.98 Å². The maximum atomic E-state index is 4.75. The molecule has 156 valence electrons. The van der Waals surface area contributed by atoms with Gasteiger partial charge in [-0.3, -0.25) is 18.9 Å². The summed E-state index contributed by atoms with van der Waals surface area (Å²) in [5, 5.41) is 1.09. The summed E-state index contributed by atoms with van der Waals surface area (Å²) in [5.41, 5.74) is 7.80. The number of pyridine rings is 2. The predicted molar refractivity (Wildman–Crippen MR) is 129 cm³/mol. The van der Waals surface area contributed by atoms with Gasteiger partial charge in [0.25, 0.3) is 0 Å². The second kappa shape index (κ2) is 6.76. The number of benzene rings is 2. The molecule has 0 aliphatic carbocycles. The number of hydrogen-bond donors (Lipinski definition) is 0. The van der Waals surface area contributed by atoms with Gasteiger partial charge < -0.3 is 0 Å². The fraction of sp³-hybridized carbons (Fsp3) is 0.148. The molecule has 2 aromatic carbocycles. The second-order valence-corrected chi connectivity index (χ2v) is 9.20. The van der Waals surface area contributed by atoms with Crippen LogP contribution in [-0.4, -0.2) is 23.9 Å². The summed E-state index contributed by atoms with van der Waals surface area (Å²) in [6.07, 6.45) is 9.47. The van der Waals surface area contributed by atoms with Crippen molar-refractivity contribution in [3.8, 4) is 16.8 Å². The van der Waals surface area contributed by atoms with Crippen LogP contribution in [0.2, 0.25) is 0 Å². The predicted octanol–water partition coefficient (Wildman–Crippen LogP) is 6.19. The quantitative estimate of drug-likeness (QED) is 0.338. The highest BCUT2D eigenvalue weighted by Gasteiger charge is 2.18. The average Bonchev–Trinajstić information content (AvgIpc) is 3.40. The van der Waals surface area contributed by atoms with Gasteiger partial charge in [0.15, 0.2) is 0 Å². The van der Waals surface area contributed by atoms with E-state index in [0.29, 0.717) is 0 Å². The highest BCUT2D eigenvalue weighted by molar-refractivity contribution is 6.06. The molecule has 0 atom stereocenters. The summed E-state index contributed by atoms with van der Waals surface area (Å²) in [7, 11) is 0. The van der Waals surface area contributed by atoms with Crippen molar-refractivity contribution >= 4 is 27.7 Å². The first-order valence-electron chi connectivity index (χ1n) is 10.8. The van der Waals surface area contributed by atoms with Crippen LogP contribution in [-0.2, 0) is 5.41 Å². The highest BCUT2D eigenvalue weighted by Crippen LogP contribution is 2.33. The smallest absolute Gasteiger partial charge is 0.219 e. The highest BCUT2D eigenvalue weighted by atomic mass is 15.2. The summed E-state index contributed by atoms with van der Waals surface area (Å²) in [4.78, 5) is 13.7. The Balaban J connectivity index is 1.67. The molecule has 6 rings (SSSR count). The van der Waals surface area contributed by atoms with Crippen molar-refractivity contribution in [2.24, 2.45) is 0 Å². The Bertz CT molecular complexity index is 1580. The molecule has 0 radical (unpaired) electrons. The topological polar surface area (TPSA) is 48.0 Å². The van der Waals surface area contributed by atoms with Crippen LogP contribution in [0.1, 0.15) is 26.3 Å². The molecular weight excluding hydrogens is 394 g/mol. The summed E-state index contributed by atoms with van der Waals surface area (Å²) in [6, 6.07) is 19.2. The molecule has 0 aliphatic heterocycles. The molecule has 0 unspecified atom stereocenters. The third-order valence-electron chi connectivity index (χ3n) is 6.11. The molecule has 0 amide bonds. The lowest BCUT2D eigenvalue weighted by atomic mass is 9.87. The van der Waals surface area contributed by atoms with Gasteiger partial charge in [-0.15, -0.1) is 0 Å². The number of fused-ring (bicyclic) bond motifs is 5. The fourth-order valence-electron chi connectivity index (χ4n) is 4.40. The Hall–Kier alpha value is -3.99. The Morgan fingerprint density at radius 3 is 2.41 bits per heavy atom. The van der Waals surface area contributed by atoms with Gasteiger partial charge in [0.1, 0.15) is 0 Å². The molecule has 5 nitrogen and oxygen atoms in total. The summed E-state index contributed by atoms with van der Waals surface area (Å²) in [6.45, 7) is 6.71. The lowest BCUT2D eigenvalue weighted by Crippen LogP contribution is -2.10. The van der Waals surface area contributed by atoms with Crippen molar-refractivity contribution in [3.63, 3.8) is 0 Å². The number of aromatic nitrogens is 5. The van der Waals surface area contributed by atoms with Gasteiger partial charge >= 0.3 is 0 Å². The molecule has 6 aromatic rings. The van der Waals surface area contributed by atoms with Crippen molar-refractivity contribution in [1.29, 1.82) is 0 Å². The van der Waals surface area contributed by atoms with E-state index < -0.39 is 0 Å². The Morgan fingerprint density at radius 2 is 1.66 bits per heavy atom. The van der Waals surface area contributed by atoms with Crippen molar-refractivity contribution in [2.45, 2.75) is 26.2 Å². The number of imidazole rings is 2. The Kier molecular flexibility index (Phi) is 3.96. The van der Waals surface area contributed by atoms with Crippen LogP contribution in [0, 0.1) is 0 Å². The molecule has 0 bridgehead atoms. The first kappa shape index (κ1) is 18.8. The molecule has 4 heterocycles. The molecule has 0 saturated heterocycles. The molecule has 0 N–H and O–H groups in total. The fourth-order valence-corrected chi connectivity index (χ4v) is 4.40. The summed E-state index contributed by atoms with van der Waals surface area (Å²) >= 11 is 0. The van der Waals surface area contributed by atoms with Gasteiger partial charge in [-0.05, 0) is 46.9 Å². The van der Waals surface area contributed by atoms with E-state index in [1.165, 1.54) is 5.56 Å². The normalized spacial score (nSPS) is 12.2. The Labute approximate surface area is 186 Å². The number of nitrogens with zero attached hydrogens (tertiary/aromatic N) is 5. The van der Waals surface area contributed by atoms with Gasteiger partial charge in [-0.25, -0.2) is 4.98 Å². The lowest BCUT2D eigenvalue weighted by molar-refractivity contribution is 0.590. The third kappa shape index (κ3) is 2.82. The zero-order chi connectivity index (χ0) is 21.9. The molecule has 4 aromatic heterocycles. The minimum Gasteiger partial charge on any atom is -0.282 e. The zero-order valence-electron chi connectivity index (χ0n) is 18.3. The monoisotopic (exact) mass is 417 g/mol. The van der Waals surface area contributed by atoms with Crippen LogP contribution in [0.15, 0.2) is 85.6 Å². The first-order chi connectivity index (χ1) is 15.5. The van der Waals surface area contributed by atoms with E-state index in [0.717, 1.165) is 44.5 Å². The van der Waals surface area contributed by atoms with E-state index >= 15 is 0 Å². The third-order valence-corrected chi connectivity index (χ3v) is 6.11. The van der Waals surface area contributed by atoms with Crippen LogP contribution < -0.4 is 0 Å². The summed E-state index contributed by atoms with van der Waals surface area (Å²) in [5.74, 6) is 0.879. The lowest BCUT2D eigenvalue weighted by Gasteiger charge is -2.19. The average molecular weight is 418 g/mol. The Morgan fingerprint density at radius 1 is 0.812 bits per heavy atom. The van der Waals surface area contributed by atoms with Crippen LogP contribution in [0.25, 0.3) is 44.5 Å². The van der Waals surface area contributed by atoms with Gasteiger partial charge in [-0.2, -0.15) is 0 Å². The van der Waals surface area contributed by atoms with Crippen molar-refractivity contribution < 1.29 is 0 Å². The minimum absolute atomic E-state index is 0.106. The molecule has 0 aliphatic rings. The number of hydrogen-bond acceptors (Lipinski definition) is 3. The molecule has 5 heteroatoms. The molecular formula is C27H23N5. The van der Waals surface area contributed by atoms with E-state index in [2.05, 4.69) is 88.2 Å². The number of rotatable bonds is 2. The van der Waals surface area contributed by atoms with Crippen molar-refractivity contribution in [3.05, 3.63) is 91.1 Å². The van der Waals surface area contributed by atoms with Gasteiger partial charge in [0.05, 0.1) is 22.7 Å². The SMILES string of the molecule is CC(C)(C)c1ccc(-n2c3c4cc(-c5cccnc5)ccc4ncc3n3ccnc23)cc1.